The molecule has 0 aliphatic carbocycles. The molecule has 0 heteroatoms. The molecule has 2 aromatic rings. The van der Waals surface area contributed by atoms with E-state index in [0.29, 0.717) is 0 Å². The lowest BCUT2D eigenvalue weighted by atomic mass is 10.1. The van der Waals surface area contributed by atoms with E-state index in [4.69, 9.17) is 0 Å². The Morgan fingerprint density at radius 1 is 0.667 bits per heavy atom. The summed E-state index contributed by atoms with van der Waals surface area (Å²) >= 11 is 0. The molecular formula is C15H14. The predicted molar refractivity (Wildman–Crippen MR) is 66.5 cm³/mol. The van der Waals surface area contributed by atoms with E-state index in [2.05, 4.69) is 67.6 Å². The summed E-state index contributed by atoms with van der Waals surface area (Å²) in [6.07, 6.45) is 4.26. The van der Waals surface area contributed by atoms with Gasteiger partial charge in [-0.15, -0.1) is 0 Å². The summed E-state index contributed by atoms with van der Waals surface area (Å²) in [4.78, 5) is 0. The van der Waals surface area contributed by atoms with Gasteiger partial charge in [0.05, 0.1) is 0 Å². The highest BCUT2D eigenvalue weighted by Crippen LogP contribution is 2.08. The Hall–Kier alpha value is -1.82. The molecule has 0 saturated heterocycles. The molecule has 0 atom stereocenters. The molecule has 0 aliphatic rings. The van der Waals surface area contributed by atoms with Crippen molar-refractivity contribution in [2.75, 3.05) is 0 Å². The molecule has 0 fully saturated rings. The van der Waals surface area contributed by atoms with Gasteiger partial charge in [-0.2, -0.15) is 0 Å². The molecule has 0 amide bonds. The van der Waals surface area contributed by atoms with Gasteiger partial charge in [-0.3, -0.25) is 0 Å². The summed E-state index contributed by atoms with van der Waals surface area (Å²) in [7, 11) is 0. The summed E-state index contributed by atoms with van der Waals surface area (Å²) in [6, 6.07) is 18.9. The summed E-state index contributed by atoms with van der Waals surface area (Å²) < 4.78 is 0. The Morgan fingerprint density at radius 3 is 1.80 bits per heavy atom. The highest BCUT2D eigenvalue weighted by atomic mass is 13.9. The molecule has 0 radical (unpaired) electrons. The van der Waals surface area contributed by atoms with Gasteiger partial charge in [0.1, 0.15) is 0 Å². The number of rotatable bonds is 2. The Bertz CT molecular complexity index is 435. The molecule has 0 heterocycles. The SMILES string of the molecule is Cc1ccc(C=Cc2ccccc2)cc1. The van der Waals surface area contributed by atoms with Gasteiger partial charge >= 0.3 is 0 Å². The van der Waals surface area contributed by atoms with Crippen LogP contribution in [-0.2, 0) is 0 Å². The van der Waals surface area contributed by atoms with Crippen molar-refractivity contribution in [1.29, 1.82) is 0 Å². The Kier molecular flexibility index (Phi) is 2.99. The summed E-state index contributed by atoms with van der Waals surface area (Å²) in [5.74, 6) is 0. The second-order valence-electron chi connectivity index (χ2n) is 3.65. The van der Waals surface area contributed by atoms with Crippen molar-refractivity contribution in [1.82, 2.24) is 0 Å². The van der Waals surface area contributed by atoms with Crippen LogP contribution in [0.5, 0.6) is 0 Å². The fourth-order valence-electron chi connectivity index (χ4n) is 1.43. The van der Waals surface area contributed by atoms with E-state index in [-0.39, 0.29) is 0 Å². The first kappa shape index (κ1) is 9.72. The third-order valence-corrected chi connectivity index (χ3v) is 2.35. The lowest BCUT2D eigenvalue weighted by Crippen LogP contribution is -1.74. The lowest BCUT2D eigenvalue weighted by Gasteiger charge is -1.95. The van der Waals surface area contributed by atoms with Gasteiger partial charge in [-0.1, -0.05) is 72.3 Å². The first-order valence-electron chi connectivity index (χ1n) is 5.14. The molecule has 0 N–H and O–H groups in total. The first-order valence-corrected chi connectivity index (χ1v) is 5.14. The van der Waals surface area contributed by atoms with Crippen molar-refractivity contribution in [3.05, 3.63) is 71.3 Å². The Morgan fingerprint density at radius 2 is 1.20 bits per heavy atom. The van der Waals surface area contributed by atoms with Gasteiger partial charge < -0.3 is 0 Å². The fraction of sp³-hybridized carbons (Fsp3) is 0.0667. The van der Waals surface area contributed by atoms with E-state index in [1.807, 2.05) is 6.07 Å². The van der Waals surface area contributed by atoms with Crippen molar-refractivity contribution < 1.29 is 0 Å². The van der Waals surface area contributed by atoms with Gasteiger partial charge in [-0.25, -0.2) is 0 Å². The molecular weight excluding hydrogens is 180 g/mol. The number of hydrogen-bond donors (Lipinski definition) is 0. The average molecular weight is 194 g/mol. The summed E-state index contributed by atoms with van der Waals surface area (Å²) in [6.45, 7) is 2.10. The molecule has 0 saturated carbocycles. The average Bonchev–Trinajstić information content (AvgIpc) is 2.30. The van der Waals surface area contributed by atoms with Crippen molar-refractivity contribution >= 4 is 12.2 Å². The maximum Gasteiger partial charge on any atom is -0.0256 e. The quantitative estimate of drug-likeness (QED) is 0.629. The lowest BCUT2D eigenvalue weighted by molar-refractivity contribution is 1.46. The van der Waals surface area contributed by atoms with E-state index in [0.717, 1.165) is 0 Å². The second kappa shape index (κ2) is 4.61. The molecule has 0 spiro atoms. The maximum absolute atomic E-state index is 2.13. The highest BCUT2D eigenvalue weighted by Gasteiger charge is 1.87. The maximum atomic E-state index is 2.13. The first-order chi connectivity index (χ1) is 7.34. The van der Waals surface area contributed by atoms with Gasteiger partial charge in [-0.05, 0) is 18.1 Å². The van der Waals surface area contributed by atoms with Crippen LogP contribution in [0, 0.1) is 6.92 Å². The zero-order valence-corrected chi connectivity index (χ0v) is 8.85. The molecule has 74 valence electrons. The smallest absolute Gasteiger partial charge is 0.0256 e. The monoisotopic (exact) mass is 194 g/mol. The number of hydrogen-bond acceptors (Lipinski definition) is 0. The van der Waals surface area contributed by atoms with Gasteiger partial charge in [0, 0.05) is 0 Å². The zero-order chi connectivity index (χ0) is 10.5. The fourth-order valence-corrected chi connectivity index (χ4v) is 1.43. The third kappa shape index (κ3) is 2.81. The molecule has 0 aromatic heterocycles. The molecule has 0 nitrogen and oxygen atoms in total. The molecule has 15 heavy (non-hydrogen) atoms. The number of aryl methyl sites for hydroxylation is 1. The topological polar surface area (TPSA) is 0 Å². The molecule has 2 aromatic carbocycles. The normalized spacial score (nSPS) is 10.7. The van der Waals surface area contributed by atoms with Crippen LogP contribution in [0.15, 0.2) is 54.6 Å². The minimum Gasteiger partial charge on any atom is -0.0622 e. The largest absolute Gasteiger partial charge is 0.0622 e. The van der Waals surface area contributed by atoms with Crippen molar-refractivity contribution in [3.8, 4) is 0 Å². The van der Waals surface area contributed by atoms with Gasteiger partial charge in [0.25, 0.3) is 0 Å². The summed E-state index contributed by atoms with van der Waals surface area (Å²) in [5.41, 5.74) is 3.77. The molecule has 0 bridgehead atoms. The van der Waals surface area contributed by atoms with E-state index in [9.17, 15) is 0 Å². The van der Waals surface area contributed by atoms with Crippen LogP contribution >= 0.6 is 0 Å². The molecule has 0 unspecified atom stereocenters. The van der Waals surface area contributed by atoms with Crippen LogP contribution in [0.4, 0.5) is 0 Å². The second-order valence-corrected chi connectivity index (χ2v) is 3.65. The highest BCUT2D eigenvalue weighted by molar-refractivity contribution is 5.69. The zero-order valence-electron chi connectivity index (χ0n) is 8.85. The van der Waals surface area contributed by atoms with E-state index in [1.165, 1.54) is 16.7 Å². The number of benzene rings is 2. The predicted octanol–water partition coefficient (Wildman–Crippen LogP) is 4.17. The minimum absolute atomic E-state index is 1.23. The van der Waals surface area contributed by atoms with Crippen molar-refractivity contribution in [2.24, 2.45) is 0 Å². The Balaban J connectivity index is 2.15. The Labute approximate surface area is 90.9 Å². The van der Waals surface area contributed by atoms with E-state index >= 15 is 0 Å². The van der Waals surface area contributed by atoms with Gasteiger partial charge in [0.15, 0.2) is 0 Å². The van der Waals surface area contributed by atoms with Crippen LogP contribution in [0.3, 0.4) is 0 Å². The minimum atomic E-state index is 1.23. The van der Waals surface area contributed by atoms with Crippen LogP contribution in [0.25, 0.3) is 12.2 Å². The molecule has 2 rings (SSSR count). The van der Waals surface area contributed by atoms with Gasteiger partial charge in [0.2, 0.25) is 0 Å². The molecule has 0 aliphatic heterocycles. The van der Waals surface area contributed by atoms with Crippen LogP contribution in [-0.4, -0.2) is 0 Å². The van der Waals surface area contributed by atoms with Crippen LogP contribution < -0.4 is 0 Å². The third-order valence-electron chi connectivity index (χ3n) is 2.35. The van der Waals surface area contributed by atoms with Crippen molar-refractivity contribution in [2.45, 2.75) is 6.92 Å². The van der Waals surface area contributed by atoms with Crippen molar-refractivity contribution in [3.63, 3.8) is 0 Å². The van der Waals surface area contributed by atoms with E-state index in [1.54, 1.807) is 0 Å². The standard InChI is InChI=1S/C15H14/c1-13-7-9-15(10-8-13)12-11-14-5-3-2-4-6-14/h2-12H,1H3. The van der Waals surface area contributed by atoms with Crippen LogP contribution in [0.1, 0.15) is 16.7 Å². The van der Waals surface area contributed by atoms with E-state index < -0.39 is 0 Å². The summed E-state index contributed by atoms with van der Waals surface area (Å²) in [5, 5.41) is 0. The van der Waals surface area contributed by atoms with Crippen LogP contribution in [0.2, 0.25) is 0 Å².